The van der Waals surface area contributed by atoms with Gasteiger partial charge in [0.1, 0.15) is 23.9 Å². The molecule has 2 heterocycles. The van der Waals surface area contributed by atoms with Crippen LogP contribution in [0.15, 0.2) is 51.6 Å². The highest BCUT2D eigenvalue weighted by molar-refractivity contribution is 5.91. The molecule has 6 nitrogen and oxygen atoms in total. The van der Waals surface area contributed by atoms with Crippen LogP contribution >= 0.6 is 0 Å². The number of carbonyl (C=O) groups excluding carboxylic acids is 1. The number of ether oxygens (including phenoxy) is 1. The van der Waals surface area contributed by atoms with E-state index in [9.17, 15) is 13.6 Å². The number of halogens is 2. The van der Waals surface area contributed by atoms with E-state index in [1.54, 1.807) is 18.2 Å². The highest BCUT2D eigenvalue weighted by atomic mass is 19.1. The molecule has 124 valence electrons. The second kappa shape index (κ2) is 7.05. The van der Waals surface area contributed by atoms with Crippen LogP contribution in [0.3, 0.4) is 0 Å². The quantitative estimate of drug-likeness (QED) is 0.748. The summed E-state index contributed by atoms with van der Waals surface area (Å²) in [4.78, 5) is 11.7. The van der Waals surface area contributed by atoms with Crippen LogP contribution in [-0.2, 0) is 16.1 Å². The van der Waals surface area contributed by atoms with Gasteiger partial charge in [0.2, 0.25) is 11.7 Å². The van der Waals surface area contributed by atoms with Gasteiger partial charge in [0, 0.05) is 12.1 Å². The van der Waals surface area contributed by atoms with E-state index in [2.05, 4.69) is 10.5 Å². The van der Waals surface area contributed by atoms with Crippen molar-refractivity contribution in [1.29, 1.82) is 0 Å². The number of benzene rings is 1. The molecule has 0 aliphatic heterocycles. The van der Waals surface area contributed by atoms with E-state index >= 15 is 0 Å². The van der Waals surface area contributed by atoms with E-state index in [-0.39, 0.29) is 18.9 Å². The summed E-state index contributed by atoms with van der Waals surface area (Å²) < 4.78 is 41.8. The molecule has 1 N–H and O–H groups in total. The van der Waals surface area contributed by atoms with E-state index in [4.69, 9.17) is 13.7 Å². The van der Waals surface area contributed by atoms with Crippen LogP contribution in [0.2, 0.25) is 0 Å². The summed E-state index contributed by atoms with van der Waals surface area (Å²) in [7, 11) is 0. The standard InChI is InChI=1S/C16H12F2N2O4/c17-10-3-4-12(18)13(6-10)19-16(21)9-22-8-11-7-15(24-20-11)14-2-1-5-23-14/h1-7H,8-9H2,(H,19,21). The molecule has 0 radical (unpaired) electrons. The lowest BCUT2D eigenvalue weighted by atomic mass is 10.3. The first kappa shape index (κ1) is 15.9. The molecular weight excluding hydrogens is 322 g/mol. The summed E-state index contributed by atoms with van der Waals surface area (Å²) in [6.45, 7) is -0.331. The lowest BCUT2D eigenvalue weighted by molar-refractivity contribution is -0.121. The molecule has 0 aliphatic rings. The predicted molar refractivity (Wildman–Crippen MR) is 78.8 cm³/mol. The van der Waals surface area contributed by atoms with Crippen molar-refractivity contribution in [2.45, 2.75) is 6.61 Å². The number of nitrogens with zero attached hydrogens (tertiary/aromatic N) is 1. The molecule has 24 heavy (non-hydrogen) atoms. The van der Waals surface area contributed by atoms with E-state index < -0.39 is 17.5 Å². The monoisotopic (exact) mass is 334 g/mol. The third-order valence-electron chi connectivity index (χ3n) is 3.01. The Bertz CT molecular complexity index is 830. The van der Waals surface area contributed by atoms with Crippen molar-refractivity contribution in [3.63, 3.8) is 0 Å². The SMILES string of the molecule is O=C(COCc1cc(-c2ccco2)on1)Nc1cc(F)ccc1F. The molecule has 8 heteroatoms. The van der Waals surface area contributed by atoms with Gasteiger partial charge < -0.3 is 19.0 Å². The molecule has 0 saturated carbocycles. The summed E-state index contributed by atoms with van der Waals surface area (Å²) in [6.07, 6.45) is 1.50. The highest BCUT2D eigenvalue weighted by Gasteiger charge is 2.11. The lowest BCUT2D eigenvalue weighted by Crippen LogP contribution is -2.19. The number of hydrogen-bond donors (Lipinski definition) is 1. The van der Waals surface area contributed by atoms with Crippen LogP contribution in [0, 0.1) is 11.6 Å². The summed E-state index contributed by atoms with van der Waals surface area (Å²) in [5, 5.41) is 6.00. The Hall–Kier alpha value is -3.00. The number of nitrogens with one attached hydrogen (secondary N) is 1. The molecule has 1 amide bonds. The number of amides is 1. The molecule has 0 bridgehead atoms. The summed E-state index contributed by atoms with van der Waals surface area (Å²) in [6, 6.07) is 7.82. The van der Waals surface area contributed by atoms with Crippen LogP contribution in [0.1, 0.15) is 5.69 Å². The summed E-state index contributed by atoms with van der Waals surface area (Å²) >= 11 is 0. The molecule has 0 fully saturated rings. The third kappa shape index (κ3) is 3.85. The molecule has 0 saturated heterocycles. The topological polar surface area (TPSA) is 77.5 Å². The second-order valence-corrected chi connectivity index (χ2v) is 4.82. The highest BCUT2D eigenvalue weighted by Crippen LogP contribution is 2.20. The van der Waals surface area contributed by atoms with Gasteiger partial charge in [-0.25, -0.2) is 8.78 Å². The van der Waals surface area contributed by atoms with Crippen molar-refractivity contribution in [3.8, 4) is 11.5 Å². The maximum absolute atomic E-state index is 13.4. The van der Waals surface area contributed by atoms with E-state index in [0.29, 0.717) is 17.2 Å². The zero-order valence-corrected chi connectivity index (χ0v) is 12.3. The van der Waals surface area contributed by atoms with Crippen molar-refractivity contribution < 1.29 is 27.3 Å². The number of aromatic nitrogens is 1. The van der Waals surface area contributed by atoms with Crippen LogP contribution in [0.25, 0.3) is 11.5 Å². The first-order valence-corrected chi connectivity index (χ1v) is 6.94. The molecular formula is C16H12F2N2O4. The summed E-state index contributed by atoms with van der Waals surface area (Å²) in [5.41, 5.74) is 0.219. The Labute approximate surface area is 135 Å². The van der Waals surface area contributed by atoms with Crippen molar-refractivity contribution in [2.24, 2.45) is 0 Å². The molecule has 0 aliphatic carbocycles. The van der Waals surface area contributed by atoms with Crippen molar-refractivity contribution in [3.05, 3.63) is 60.0 Å². The largest absolute Gasteiger partial charge is 0.461 e. The van der Waals surface area contributed by atoms with Crippen molar-refractivity contribution in [2.75, 3.05) is 11.9 Å². The fourth-order valence-corrected chi connectivity index (χ4v) is 1.94. The first-order chi connectivity index (χ1) is 11.6. The van der Waals surface area contributed by atoms with Crippen molar-refractivity contribution >= 4 is 11.6 Å². The number of rotatable bonds is 6. The summed E-state index contributed by atoms with van der Waals surface area (Å²) in [5.74, 6) is -1.04. The number of carbonyl (C=O) groups is 1. The Morgan fingerprint density at radius 1 is 1.21 bits per heavy atom. The minimum absolute atomic E-state index is 0.0171. The second-order valence-electron chi connectivity index (χ2n) is 4.82. The van der Waals surface area contributed by atoms with Gasteiger partial charge in [-0.05, 0) is 24.3 Å². The predicted octanol–water partition coefficient (Wildman–Crippen LogP) is 3.37. The molecule has 2 aromatic heterocycles. The van der Waals surface area contributed by atoms with Crippen LogP contribution in [0.5, 0.6) is 0 Å². The molecule has 0 atom stereocenters. The van der Waals surface area contributed by atoms with Gasteiger partial charge in [0.05, 0.1) is 18.6 Å². The van der Waals surface area contributed by atoms with Gasteiger partial charge in [-0.2, -0.15) is 0 Å². The minimum atomic E-state index is -0.732. The Kier molecular flexibility index (Phi) is 4.66. The average Bonchev–Trinajstić information content (AvgIpc) is 3.22. The fraction of sp³-hybridized carbons (Fsp3) is 0.125. The lowest BCUT2D eigenvalue weighted by Gasteiger charge is -2.06. The van der Waals surface area contributed by atoms with Gasteiger partial charge in [0.15, 0.2) is 5.76 Å². The molecule has 3 aromatic rings. The zero-order valence-electron chi connectivity index (χ0n) is 12.3. The van der Waals surface area contributed by atoms with Crippen LogP contribution in [-0.4, -0.2) is 17.7 Å². The molecule has 3 rings (SSSR count). The van der Waals surface area contributed by atoms with E-state index in [0.717, 1.165) is 18.2 Å². The zero-order chi connectivity index (χ0) is 16.9. The van der Waals surface area contributed by atoms with E-state index in [1.807, 2.05) is 0 Å². The normalized spacial score (nSPS) is 10.8. The van der Waals surface area contributed by atoms with Gasteiger partial charge in [0.25, 0.3) is 0 Å². The van der Waals surface area contributed by atoms with Gasteiger partial charge in [-0.15, -0.1) is 0 Å². The Morgan fingerprint density at radius 2 is 2.08 bits per heavy atom. The fourth-order valence-electron chi connectivity index (χ4n) is 1.94. The number of furan rings is 1. The van der Waals surface area contributed by atoms with Crippen molar-refractivity contribution in [1.82, 2.24) is 5.16 Å². The van der Waals surface area contributed by atoms with E-state index in [1.165, 1.54) is 6.26 Å². The third-order valence-corrected chi connectivity index (χ3v) is 3.01. The maximum Gasteiger partial charge on any atom is 0.250 e. The number of hydrogen-bond acceptors (Lipinski definition) is 5. The maximum atomic E-state index is 13.4. The number of anilines is 1. The molecule has 0 unspecified atom stereocenters. The van der Waals surface area contributed by atoms with Gasteiger partial charge >= 0.3 is 0 Å². The van der Waals surface area contributed by atoms with Gasteiger partial charge in [-0.3, -0.25) is 4.79 Å². The Morgan fingerprint density at radius 3 is 2.88 bits per heavy atom. The minimum Gasteiger partial charge on any atom is -0.461 e. The van der Waals surface area contributed by atoms with Crippen LogP contribution in [0.4, 0.5) is 14.5 Å². The Balaban J connectivity index is 1.49. The first-order valence-electron chi connectivity index (χ1n) is 6.94. The molecule has 0 spiro atoms. The molecule has 1 aromatic carbocycles. The van der Waals surface area contributed by atoms with Crippen LogP contribution < -0.4 is 5.32 Å². The van der Waals surface area contributed by atoms with Gasteiger partial charge in [-0.1, -0.05) is 5.16 Å². The smallest absolute Gasteiger partial charge is 0.250 e. The average molecular weight is 334 g/mol.